The van der Waals surface area contributed by atoms with Crippen LogP contribution in [-0.2, 0) is 0 Å². The lowest BCUT2D eigenvalue weighted by Gasteiger charge is -2.16. The van der Waals surface area contributed by atoms with Crippen molar-refractivity contribution in [2.75, 3.05) is 18.5 Å². The van der Waals surface area contributed by atoms with Crippen molar-refractivity contribution in [1.82, 2.24) is 0 Å². The molecule has 0 aliphatic rings. The number of hydrogen-bond donors (Lipinski definition) is 2. The highest BCUT2D eigenvalue weighted by molar-refractivity contribution is 5.52. The van der Waals surface area contributed by atoms with Crippen molar-refractivity contribution in [2.45, 2.75) is 20.0 Å². The van der Waals surface area contributed by atoms with E-state index < -0.39 is 11.9 Å². The standard InChI is InChI=1S/C17H20FNO2/c1-12-7-8-13(2)16(9-12)19-10-14(20)11-21-17-6-4-3-5-15(17)18/h3-9,14,19-20H,10-11H2,1-2H3. The van der Waals surface area contributed by atoms with Gasteiger partial charge in [0.05, 0.1) is 0 Å². The molecule has 0 radical (unpaired) electrons. The maximum atomic E-state index is 13.4. The summed E-state index contributed by atoms with van der Waals surface area (Å²) in [6, 6.07) is 12.3. The number of benzene rings is 2. The number of halogens is 1. The van der Waals surface area contributed by atoms with E-state index in [1.54, 1.807) is 18.2 Å². The van der Waals surface area contributed by atoms with Gasteiger partial charge in [-0.1, -0.05) is 24.3 Å². The molecule has 1 unspecified atom stereocenters. The minimum Gasteiger partial charge on any atom is -0.488 e. The molecule has 112 valence electrons. The predicted molar refractivity (Wildman–Crippen MR) is 82.3 cm³/mol. The molecule has 0 saturated heterocycles. The average Bonchev–Trinajstić information content (AvgIpc) is 2.47. The summed E-state index contributed by atoms with van der Waals surface area (Å²) in [7, 11) is 0. The normalized spacial score (nSPS) is 12.0. The van der Waals surface area contributed by atoms with E-state index in [9.17, 15) is 9.50 Å². The maximum absolute atomic E-state index is 13.4. The molecule has 2 rings (SSSR count). The zero-order chi connectivity index (χ0) is 15.2. The largest absolute Gasteiger partial charge is 0.488 e. The maximum Gasteiger partial charge on any atom is 0.165 e. The van der Waals surface area contributed by atoms with E-state index in [0.717, 1.165) is 16.8 Å². The fourth-order valence-electron chi connectivity index (χ4n) is 1.96. The van der Waals surface area contributed by atoms with E-state index in [4.69, 9.17) is 4.74 Å². The molecule has 21 heavy (non-hydrogen) atoms. The Morgan fingerprint density at radius 1 is 1.19 bits per heavy atom. The van der Waals surface area contributed by atoms with Gasteiger partial charge in [0.2, 0.25) is 0 Å². The summed E-state index contributed by atoms with van der Waals surface area (Å²) in [6.07, 6.45) is -0.718. The molecule has 0 fully saturated rings. The number of aryl methyl sites for hydroxylation is 2. The molecule has 0 amide bonds. The average molecular weight is 289 g/mol. The Labute approximate surface area is 124 Å². The number of ether oxygens (including phenoxy) is 1. The molecule has 0 bridgehead atoms. The third-order valence-electron chi connectivity index (χ3n) is 3.19. The van der Waals surface area contributed by atoms with E-state index in [1.165, 1.54) is 6.07 Å². The van der Waals surface area contributed by atoms with E-state index in [0.29, 0.717) is 6.54 Å². The van der Waals surface area contributed by atoms with Crippen molar-refractivity contribution in [1.29, 1.82) is 0 Å². The summed E-state index contributed by atoms with van der Waals surface area (Å²) in [5, 5.41) is 13.1. The summed E-state index contributed by atoms with van der Waals surface area (Å²) in [5.74, 6) is -0.268. The van der Waals surface area contributed by atoms with Crippen molar-refractivity contribution in [3.63, 3.8) is 0 Å². The summed E-state index contributed by atoms with van der Waals surface area (Å²) in [6.45, 7) is 4.41. The van der Waals surface area contributed by atoms with Gasteiger partial charge >= 0.3 is 0 Å². The molecule has 0 aliphatic heterocycles. The second-order valence-electron chi connectivity index (χ2n) is 5.09. The number of nitrogens with one attached hydrogen (secondary N) is 1. The Hall–Kier alpha value is -2.07. The first kappa shape index (κ1) is 15.3. The van der Waals surface area contributed by atoms with Crippen LogP contribution in [-0.4, -0.2) is 24.4 Å². The molecule has 0 aromatic heterocycles. The highest BCUT2D eigenvalue weighted by Crippen LogP contribution is 2.17. The van der Waals surface area contributed by atoms with Crippen LogP contribution in [0.2, 0.25) is 0 Å². The van der Waals surface area contributed by atoms with Crippen LogP contribution in [0.5, 0.6) is 5.75 Å². The highest BCUT2D eigenvalue weighted by Gasteiger charge is 2.08. The Morgan fingerprint density at radius 2 is 1.95 bits per heavy atom. The first-order valence-corrected chi connectivity index (χ1v) is 6.93. The van der Waals surface area contributed by atoms with Crippen LogP contribution in [0.3, 0.4) is 0 Å². The first-order chi connectivity index (χ1) is 10.1. The lowest BCUT2D eigenvalue weighted by atomic mass is 10.1. The summed E-state index contributed by atoms with van der Waals surface area (Å²) >= 11 is 0. The van der Waals surface area contributed by atoms with Gasteiger partial charge in [0.1, 0.15) is 12.7 Å². The Balaban J connectivity index is 1.84. The summed E-state index contributed by atoms with van der Waals surface area (Å²) in [4.78, 5) is 0. The number of aliphatic hydroxyl groups is 1. The number of rotatable bonds is 6. The van der Waals surface area contributed by atoms with Crippen LogP contribution in [0.15, 0.2) is 42.5 Å². The fourth-order valence-corrected chi connectivity index (χ4v) is 1.96. The van der Waals surface area contributed by atoms with Gasteiger partial charge in [0.25, 0.3) is 0 Å². The zero-order valence-electron chi connectivity index (χ0n) is 12.3. The fraction of sp³-hybridized carbons (Fsp3) is 0.294. The van der Waals surface area contributed by atoms with Gasteiger partial charge < -0.3 is 15.2 Å². The van der Waals surface area contributed by atoms with Gasteiger partial charge in [-0.05, 0) is 43.2 Å². The van der Waals surface area contributed by atoms with E-state index in [1.807, 2.05) is 32.0 Å². The van der Waals surface area contributed by atoms with Gasteiger partial charge in [0.15, 0.2) is 11.6 Å². The van der Waals surface area contributed by atoms with Crippen LogP contribution in [0, 0.1) is 19.7 Å². The van der Waals surface area contributed by atoms with Gasteiger partial charge in [-0.3, -0.25) is 0 Å². The number of aliphatic hydroxyl groups excluding tert-OH is 1. The molecule has 2 N–H and O–H groups in total. The lowest BCUT2D eigenvalue weighted by molar-refractivity contribution is 0.115. The number of hydrogen-bond acceptors (Lipinski definition) is 3. The second-order valence-corrected chi connectivity index (χ2v) is 5.09. The topological polar surface area (TPSA) is 41.5 Å². The third kappa shape index (κ3) is 4.46. The van der Waals surface area contributed by atoms with Crippen LogP contribution >= 0.6 is 0 Å². The van der Waals surface area contributed by atoms with Crippen molar-refractivity contribution in [2.24, 2.45) is 0 Å². The second kappa shape index (κ2) is 7.09. The van der Waals surface area contributed by atoms with E-state index >= 15 is 0 Å². The number of anilines is 1. The van der Waals surface area contributed by atoms with Crippen molar-refractivity contribution >= 4 is 5.69 Å². The first-order valence-electron chi connectivity index (χ1n) is 6.93. The monoisotopic (exact) mass is 289 g/mol. The van der Waals surface area contributed by atoms with Gasteiger partial charge in [0, 0.05) is 12.2 Å². The molecule has 1 atom stereocenters. The van der Waals surface area contributed by atoms with Gasteiger partial charge in [-0.15, -0.1) is 0 Å². The highest BCUT2D eigenvalue weighted by atomic mass is 19.1. The van der Waals surface area contributed by atoms with Crippen molar-refractivity contribution in [3.05, 3.63) is 59.4 Å². The minimum absolute atomic E-state index is 0.0405. The molecule has 0 heterocycles. The van der Waals surface area contributed by atoms with Crippen molar-refractivity contribution in [3.8, 4) is 5.75 Å². The number of para-hydroxylation sites is 1. The zero-order valence-corrected chi connectivity index (χ0v) is 12.3. The smallest absolute Gasteiger partial charge is 0.165 e. The molecule has 0 aliphatic carbocycles. The Bertz CT molecular complexity index is 601. The molecule has 4 heteroatoms. The molecular formula is C17H20FNO2. The molecule has 0 saturated carbocycles. The van der Waals surface area contributed by atoms with Crippen LogP contribution < -0.4 is 10.1 Å². The van der Waals surface area contributed by atoms with E-state index in [2.05, 4.69) is 5.32 Å². The molecule has 0 spiro atoms. The molecule has 2 aromatic rings. The predicted octanol–water partition coefficient (Wildman–Crippen LogP) is 3.29. The van der Waals surface area contributed by atoms with Crippen LogP contribution in [0.4, 0.5) is 10.1 Å². The molecular weight excluding hydrogens is 269 g/mol. The third-order valence-corrected chi connectivity index (χ3v) is 3.19. The lowest BCUT2D eigenvalue weighted by Crippen LogP contribution is -2.26. The molecule has 3 nitrogen and oxygen atoms in total. The summed E-state index contributed by atoms with van der Waals surface area (Å²) in [5.41, 5.74) is 3.25. The quantitative estimate of drug-likeness (QED) is 0.857. The Kier molecular flexibility index (Phi) is 5.17. The molecule has 2 aromatic carbocycles. The van der Waals surface area contributed by atoms with Gasteiger partial charge in [-0.2, -0.15) is 0 Å². The SMILES string of the molecule is Cc1ccc(C)c(NCC(O)COc2ccccc2F)c1. The van der Waals surface area contributed by atoms with Gasteiger partial charge in [-0.25, -0.2) is 4.39 Å². The van der Waals surface area contributed by atoms with E-state index in [-0.39, 0.29) is 12.4 Å². The van der Waals surface area contributed by atoms with Crippen LogP contribution in [0.25, 0.3) is 0 Å². The minimum atomic E-state index is -0.718. The van der Waals surface area contributed by atoms with Crippen molar-refractivity contribution < 1.29 is 14.2 Å². The Morgan fingerprint density at radius 3 is 2.71 bits per heavy atom. The van der Waals surface area contributed by atoms with Crippen LogP contribution in [0.1, 0.15) is 11.1 Å². The summed E-state index contributed by atoms with van der Waals surface area (Å²) < 4.78 is 18.6.